The van der Waals surface area contributed by atoms with Crippen molar-refractivity contribution in [3.63, 3.8) is 0 Å². The number of rotatable bonds is 3. The second kappa shape index (κ2) is 8.44. The van der Waals surface area contributed by atoms with Crippen LogP contribution in [0.15, 0.2) is 10.9 Å². The Bertz CT molecular complexity index is 713. The summed E-state index contributed by atoms with van der Waals surface area (Å²) in [4.78, 5) is 26.8. The zero-order valence-electron chi connectivity index (χ0n) is 16.3. The highest BCUT2D eigenvalue weighted by molar-refractivity contribution is 5.74. The predicted molar refractivity (Wildman–Crippen MR) is 105 cm³/mol. The van der Waals surface area contributed by atoms with Crippen LogP contribution in [-0.4, -0.2) is 39.8 Å². The van der Waals surface area contributed by atoms with Crippen LogP contribution in [0.4, 0.5) is 4.79 Å². The molecule has 1 saturated carbocycles. The SMILES string of the molecule is O=C(NC1CCCCCC1)N1CCC(Cn2nc3c(cc2=O)CCC3)CC1. The molecule has 1 saturated heterocycles. The van der Waals surface area contributed by atoms with Crippen molar-refractivity contribution in [3.8, 4) is 0 Å². The summed E-state index contributed by atoms with van der Waals surface area (Å²) < 4.78 is 1.66. The smallest absolute Gasteiger partial charge is 0.317 e. The number of hydrogen-bond donors (Lipinski definition) is 1. The molecule has 0 atom stereocenters. The summed E-state index contributed by atoms with van der Waals surface area (Å²) in [5.41, 5.74) is 2.28. The zero-order chi connectivity index (χ0) is 18.6. The van der Waals surface area contributed by atoms with Crippen LogP contribution < -0.4 is 10.9 Å². The van der Waals surface area contributed by atoms with Gasteiger partial charge in [-0.1, -0.05) is 25.7 Å². The Morgan fingerprint density at radius 3 is 2.52 bits per heavy atom. The molecule has 2 fully saturated rings. The van der Waals surface area contributed by atoms with Gasteiger partial charge in [-0.25, -0.2) is 9.48 Å². The standard InChI is InChI=1S/C21H32N4O2/c26-20-14-17-6-5-9-19(17)23-25(20)15-16-10-12-24(13-11-16)21(27)22-18-7-3-1-2-4-8-18/h14,16,18H,1-13,15H2,(H,22,27). The highest BCUT2D eigenvalue weighted by Gasteiger charge is 2.26. The van der Waals surface area contributed by atoms with Crippen LogP contribution in [0, 0.1) is 5.92 Å². The van der Waals surface area contributed by atoms with Crippen molar-refractivity contribution in [2.45, 2.75) is 83.2 Å². The van der Waals surface area contributed by atoms with Crippen molar-refractivity contribution in [2.75, 3.05) is 13.1 Å². The van der Waals surface area contributed by atoms with Crippen molar-refractivity contribution in [3.05, 3.63) is 27.7 Å². The summed E-state index contributed by atoms with van der Waals surface area (Å²) >= 11 is 0. The first-order chi connectivity index (χ1) is 13.2. The van der Waals surface area contributed by atoms with Crippen molar-refractivity contribution in [1.29, 1.82) is 0 Å². The van der Waals surface area contributed by atoms with Crippen molar-refractivity contribution in [2.24, 2.45) is 5.92 Å². The number of nitrogens with zero attached hydrogens (tertiary/aromatic N) is 3. The third kappa shape index (κ3) is 4.53. The van der Waals surface area contributed by atoms with E-state index in [9.17, 15) is 9.59 Å². The first-order valence-corrected chi connectivity index (χ1v) is 10.8. The first-order valence-electron chi connectivity index (χ1n) is 10.8. The van der Waals surface area contributed by atoms with Gasteiger partial charge in [-0.2, -0.15) is 5.10 Å². The summed E-state index contributed by atoms with van der Waals surface area (Å²) in [5.74, 6) is 0.427. The Labute approximate surface area is 161 Å². The Kier molecular flexibility index (Phi) is 5.79. The minimum Gasteiger partial charge on any atom is -0.335 e. The lowest BCUT2D eigenvalue weighted by Gasteiger charge is -2.33. The number of aryl methyl sites for hydroxylation is 2. The number of nitrogens with one attached hydrogen (secondary N) is 1. The second-order valence-corrected chi connectivity index (χ2v) is 8.56. The lowest BCUT2D eigenvalue weighted by Crippen LogP contribution is -2.48. The molecule has 6 heteroatoms. The van der Waals surface area contributed by atoms with Crippen LogP contribution in [-0.2, 0) is 19.4 Å². The summed E-state index contributed by atoms with van der Waals surface area (Å²) in [6.07, 6.45) is 12.3. The summed E-state index contributed by atoms with van der Waals surface area (Å²) in [6.45, 7) is 2.25. The molecule has 2 amide bonds. The van der Waals surface area contributed by atoms with Gasteiger partial charge < -0.3 is 10.2 Å². The number of likely N-dealkylation sites (tertiary alicyclic amines) is 1. The maximum absolute atomic E-state index is 12.6. The molecular weight excluding hydrogens is 340 g/mol. The molecule has 0 unspecified atom stereocenters. The topological polar surface area (TPSA) is 67.2 Å². The molecule has 1 aromatic heterocycles. The van der Waals surface area contributed by atoms with E-state index in [0.717, 1.165) is 69.3 Å². The van der Waals surface area contributed by atoms with Crippen LogP contribution >= 0.6 is 0 Å². The lowest BCUT2D eigenvalue weighted by molar-refractivity contribution is 0.159. The van der Waals surface area contributed by atoms with E-state index < -0.39 is 0 Å². The molecule has 2 aliphatic carbocycles. The van der Waals surface area contributed by atoms with E-state index in [4.69, 9.17) is 0 Å². The number of amides is 2. The monoisotopic (exact) mass is 372 g/mol. The maximum atomic E-state index is 12.6. The summed E-state index contributed by atoms with van der Waals surface area (Å²) in [7, 11) is 0. The van der Waals surface area contributed by atoms with E-state index >= 15 is 0 Å². The van der Waals surface area contributed by atoms with Crippen molar-refractivity contribution in [1.82, 2.24) is 20.0 Å². The number of piperidine rings is 1. The van der Waals surface area contributed by atoms with Crippen molar-refractivity contribution < 1.29 is 4.79 Å². The molecule has 0 spiro atoms. The van der Waals surface area contributed by atoms with Gasteiger partial charge in [0.15, 0.2) is 0 Å². The van der Waals surface area contributed by atoms with Gasteiger partial charge in [0.1, 0.15) is 0 Å². The van der Waals surface area contributed by atoms with E-state index in [2.05, 4.69) is 10.4 Å². The van der Waals surface area contributed by atoms with Crippen LogP contribution in [0.2, 0.25) is 0 Å². The van der Waals surface area contributed by atoms with E-state index in [0.29, 0.717) is 18.5 Å². The van der Waals surface area contributed by atoms with E-state index in [-0.39, 0.29) is 11.6 Å². The summed E-state index contributed by atoms with van der Waals surface area (Å²) in [5, 5.41) is 7.85. The molecule has 0 radical (unpaired) electrons. The van der Waals surface area contributed by atoms with Crippen LogP contribution in [0.25, 0.3) is 0 Å². The van der Waals surface area contributed by atoms with Crippen LogP contribution in [0.1, 0.15) is 69.0 Å². The van der Waals surface area contributed by atoms with E-state index in [1.165, 1.54) is 25.7 Å². The maximum Gasteiger partial charge on any atom is 0.317 e. The minimum absolute atomic E-state index is 0.0317. The molecule has 0 bridgehead atoms. The predicted octanol–water partition coefficient (Wildman–Crippen LogP) is 2.88. The van der Waals surface area contributed by atoms with Gasteiger partial charge in [0, 0.05) is 31.7 Å². The fourth-order valence-corrected chi connectivity index (χ4v) is 4.82. The Balaban J connectivity index is 1.27. The van der Waals surface area contributed by atoms with Crippen molar-refractivity contribution >= 4 is 6.03 Å². The second-order valence-electron chi connectivity index (χ2n) is 8.56. The molecule has 1 aliphatic heterocycles. The highest BCUT2D eigenvalue weighted by atomic mass is 16.2. The van der Waals surface area contributed by atoms with Gasteiger partial charge in [0.25, 0.3) is 5.56 Å². The Morgan fingerprint density at radius 2 is 1.78 bits per heavy atom. The van der Waals surface area contributed by atoms with Gasteiger partial charge >= 0.3 is 6.03 Å². The molecule has 1 N–H and O–H groups in total. The van der Waals surface area contributed by atoms with Crippen LogP contribution in [0.3, 0.4) is 0 Å². The minimum atomic E-state index is 0.0317. The molecule has 27 heavy (non-hydrogen) atoms. The number of carbonyl (C=O) groups is 1. The molecule has 6 nitrogen and oxygen atoms in total. The molecule has 3 aliphatic rings. The number of carbonyl (C=O) groups excluding carboxylic acids is 1. The van der Waals surface area contributed by atoms with Gasteiger partial charge in [0.05, 0.1) is 5.69 Å². The average molecular weight is 373 g/mol. The fourth-order valence-electron chi connectivity index (χ4n) is 4.82. The molecular formula is C21H32N4O2. The van der Waals surface area contributed by atoms with E-state index in [1.807, 2.05) is 4.90 Å². The number of hydrogen-bond acceptors (Lipinski definition) is 3. The Hall–Kier alpha value is -1.85. The normalized spacial score (nSPS) is 21.7. The summed E-state index contributed by atoms with van der Waals surface area (Å²) in [6, 6.07) is 2.24. The van der Waals surface area contributed by atoms with Gasteiger partial charge in [-0.15, -0.1) is 0 Å². The van der Waals surface area contributed by atoms with Crippen LogP contribution in [0.5, 0.6) is 0 Å². The van der Waals surface area contributed by atoms with E-state index in [1.54, 1.807) is 10.7 Å². The lowest BCUT2D eigenvalue weighted by atomic mass is 9.97. The third-order valence-corrected chi connectivity index (χ3v) is 6.54. The van der Waals surface area contributed by atoms with Gasteiger partial charge in [-0.3, -0.25) is 4.79 Å². The number of urea groups is 1. The van der Waals surface area contributed by atoms with Gasteiger partial charge in [0.2, 0.25) is 0 Å². The number of aromatic nitrogens is 2. The molecule has 0 aromatic carbocycles. The number of fused-ring (bicyclic) bond motifs is 1. The molecule has 1 aromatic rings. The largest absolute Gasteiger partial charge is 0.335 e. The third-order valence-electron chi connectivity index (χ3n) is 6.54. The average Bonchev–Trinajstić information content (AvgIpc) is 2.96. The fraction of sp³-hybridized carbons (Fsp3) is 0.762. The highest BCUT2D eigenvalue weighted by Crippen LogP contribution is 2.22. The zero-order valence-corrected chi connectivity index (χ0v) is 16.3. The first kappa shape index (κ1) is 18.5. The Morgan fingerprint density at radius 1 is 1.04 bits per heavy atom. The molecule has 148 valence electrons. The molecule has 4 rings (SSSR count). The van der Waals surface area contributed by atoms with Gasteiger partial charge in [-0.05, 0) is 56.4 Å². The molecule has 2 heterocycles. The quantitative estimate of drug-likeness (QED) is 0.830.